The number of aryl methyl sites for hydroxylation is 1. The second kappa shape index (κ2) is 7.45. The number of carbonyl (C=O) groups is 1. The fourth-order valence-electron chi connectivity index (χ4n) is 3.18. The lowest BCUT2D eigenvalue weighted by atomic mass is 10.1. The molecular weight excluding hydrogens is 453 g/mol. The van der Waals surface area contributed by atoms with E-state index in [2.05, 4.69) is 15.0 Å². The Morgan fingerprint density at radius 1 is 1.19 bits per heavy atom. The first-order valence-electron chi connectivity index (χ1n) is 9.01. The van der Waals surface area contributed by atoms with Gasteiger partial charge in [0.1, 0.15) is 11.4 Å². The van der Waals surface area contributed by atoms with Gasteiger partial charge in [0.15, 0.2) is 21.4 Å². The first kappa shape index (κ1) is 21.5. The van der Waals surface area contributed by atoms with E-state index in [1.807, 2.05) is 0 Å². The third-order valence-corrected chi connectivity index (χ3v) is 7.44. The lowest BCUT2D eigenvalue weighted by Crippen LogP contribution is -2.10. The molecule has 0 saturated carbocycles. The van der Waals surface area contributed by atoms with Gasteiger partial charge in [0, 0.05) is 24.4 Å². The van der Waals surface area contributed by atoms with Crippen LogP contribution in [0.5, 0.6) is 0 Å². The van der Waals surface area contributed by atoms with E-state index in [1.165, 1.54) is 42.6 Å². The number of aromatic nitrogens is 4. The summed E-state index contributed by atoms with van der Waals surface area (Å²) in [5, 5.41) is 1.65. The summed E-state index contributed by atoms with van der Waals surface area (Å²) < 4.78 is 66.1. The van der Waals surface area contributed by atoms with Crippen molar-refractivity contribution in [3.05, 3.63) is 41.2 Å². The molecule has 0 amide bonds. The van der Waals surface area contributed by atoms with Crippen LogP contribution in [0.3, 0.4) is 0 Å². The third-order valence-electron chi connectivity index (χ3n) is 4.86. The minimum atomic E-state index is -4.64. The SMILES string of the molecule is CCS(=O)(=O)c1cc(C2=CSCC2=O)cnc1-c1nc2cc(C(F)(F)F)ncc2n1C. The minimum absolute atomic E-state index is 0.00319. The molecule has 162 valence electrons. The van der Waals surface area contributed by atoms with E-state index >= 15 is 0 Å². The number of Topliss-reactive ketones (excluding diaryl/α,β-unsaturated/α-hetero) is 1. The number of pyridine rings is 2. The maximum atomic E-state index is 13.0. The lowest BCUT2D eigenvalue weighted by molar-refractivity contribution is -0.141. The maximum Gasteiger partial charge on any atom is 0.433 e. The molecule has 0 aromatic carbocycles. The molecular formula is C19H15F3N4O3S2. The number of hydrogen-bond acceptors (Lipinski definition) is 7. The van der Waals surface area contributed by atoms with Gasteiger partial charge < -0.3 is 4.57 Å². The van der Waals surface area contributed by atoms with Crippen molar-refractivity contribution < 1.29 is 26.4 Å². The smallest absolute Gasteiger partial charge is 0.324 e. The lowest BCUT2D eigenvalue weighted by Gasteiger charge is -2.11. The summed E-state index contributed by atoms with van der Waals surface area (Å²) in [6.07, 6.45) is -2.23. The molecule has 3 aromatic rings. The number of rotatable bonds is 4. The molecule has 31 heavy (non-hydrogen) atoms. The molecule has 0 unspecified atom stereocenters. The Labute approximate surface area is 179 Å². The van der Waals surface area contributed by atoms with Crippen molar-refractivity contribution in [1.29, 1.82) is 0 Å². The number of fused-ring (bicyclic) bond motifs is 1. The molecule has 7 nitrogen and oxygen atoms in total. The zero-order valence-electron chi connectivity index (χ0n) is 16.3. The van der Waals surface area contributed by atoms with Crippen LogP contribution in [0.2, 0.25) is 0 Å². The molecule has 0 spiro atoms. The molecule has 0 N–H and O–H groups in total. The van der Waals surface area contributed by atoms with E-state index in [-0.39, 0.29) is 39.2 Å². The highest BCUT2D eigenvalue weighted by molar-refractivity contribution is 8.03. The Balaban J connectivity index is 1.94. The van der Waals surface area contributed by atoms with E-state index in [0.717, 1.165) is 12.3 Å². The summed E-state index contributed by atoms with van der Waals surface area (Å²) in [5.74, 6) is -0.00766. The van der Waals surface area contributed by atoms with Crippen molar-refractivity contribution >= 4 is 44.0 Å². The van der Waals surface area contributed by atoms with Crippen LogP contribution in [0.15, 0.2) is 34.8 Å². The van der Waals surface area contributed by atoms with E-state index in [1.54, 1.807) is 5.41 Å². The summed E-state index contributed by atoms with van der Waals surface area (Å²) in [4.78, 5) is 23.8. The van der Waals surface area contributed by atoms with Crippen LogP contribution in [0.1, 0.15) is 18.2 Å². The molecule has 0 atom stereocenters. The maximum absolute atomic E-state index is 13.0. The second-order valence-corrected chi connectivity index (χ2v) is 9.89. The van der Waals surface area contributed by atoms with E-state index < -0.39 is 21.7 Å². The molecule has 4 heterocycles. The van der Waals surface area contributed by atoms with E-state index in [4.69, 9.17) is 0 Å². The molecule has 0 fully saturated rings. The Morgan fingerprint density at radius 3 is 2.55 bits per heavy atom. The van der Waals surface area contributed by atoms with Crippen LogP contribution < -0.4 is 0 Å². The predicted molar refractivity (Wildman–Crippen MR) is 110 cm³/mol. The zero-order valence-corrected chi connectivity index (χ0v) is 17.9. The number of hydrogen-bond donors (Lipinski definition) is 0. The van der Waals surface area contributed by atoms with Crippen molar-refractivity contribution in [1.82, 2.24) is 19.5 Å². The topological polar surface area (TPSA) is 94.8 Å². The number of nitrogens with zero attached hydrogens (tertiary/aromatic N) is 4. The number of allylic oxidation sites excluding steroid dienone is 1. The van der Waals surface area contributed by atoms with Gasteiger partial charge in [-0.15, -0.1) is 11.8 Å². The van der Waals surface area contributed by atoms with Crippen LogP contribution >= 0.6 is 11.8 Å². The number of carbonyl (C=O) groups excluding carboxylic acids is 1. The van der Waals surface area contributed by atoms with Crippen molar-refractivity contribution in [2.75, 3.05) is 11.5 Å². The monoisotopic (exact) mass is 468 g/mol. The number of halogens is 3. The van der Waals surface area contributed by atoms with Gasteiger partial charge in [-0.05, 0) is 17.5 Å². The molecule has 1 aliphatic heterocycles. The summed E-state index contributed by atoms with van der Waals surface area (Å²) in [5.41, 5.74) is -0.0595. The zero-order chi connectivity index (χ0) is 22.6. The van der Waals surface area contributed by atoms with Gasteiger partial charge in [-0.2, -0.15) is 13.2 Å². The van der Waals surface area contributed by atoms with Crippen molar-refractivity contribution in [3.63, 3.8) is 0 Å². The van der Waals surface area contributed by atoms with Crippen molar-refractivity contribution in [2.24, 2.45) is 7.05 Å². The Hall–Kier alpha value is -2.73. The average molecular weight is 468 g/mol. The van der Waals surface area contributed by atoms with Crippen LogP contribution in [-0.4, -0.2) is 45.2 Å². The van der Waals surface area contributed by atoms with Gasteiger partial charge in [0.05, 0.1) is 33.6 Å². The van der Waals surface area contributed by atoms with Crippen LogP contribution in [-0.2, 0) is 27.9 Å². The van der Waals surface area contributed by atoms with Gasteiger partial charge in [-0.1, -0.05) is 6.92 Å². The van der Waals surface area contributed by atoms with Crippen LogP contribution in [0.4, 0.5) is 13.2 Å². The molecule has 12 heteroatoms. The number of alkyl halides is 3. The fourth-order valence-corrected chi connectivity index (χ4v) is 5.06. The third kappa shape index (κ3) is 3.74. The molecule has 0 bridgehead atoms. The highest BCUT2D eigenvalue weighted by Crippen LogP contribution is 2.34. The van der Waals surface area contributed by atoms with Gasteiger partial charge in [0.25, 0.3) is 0 Å². The summed E-state index contributed by atoms with van der Waals surface area (Å²) in [7, 11) is -2.25. The standard InChI is InChI=1S/C19H15F3N4O3S2/c1-3-31(28,29)15-4-10(11-8-30-9-14(11)27)6-24-17(15)18-25-12-5-16(19(20,21)22)23-7-13(12)26(18)2/h4-8H,3,9H2,1-2H3. The van der Waals surface area contributed by atoms with Gasteiger partial charge in [-0.3, -0.25) is 9.78 Å². The van der Waals surface area contributed by atoms with Gasteiger partial charge in [-0.25, -0.2) is 18.4 Å². The predicted octanol–water partition coefficient (Wildman–Crippen LogP) is 3.50. The summed E-state index contributed by atoms with van der Waals surface area (Å²) in [6, 6.07) is 2.18. The van der Waals surface area contributed by atoms with Gasteiger partial charge >= 0.3 is 6.18 Å². The summed E-state index contributed by atoms with van der Waals surface area (Å²) >= 11 is 1.31. The molecule has 0 aliphatic carbocycles. The van der Waals surface area contributed by atoms with Gasteiger partial charge in [0.2, 0.25) is 0 Å². The average Bonchev–Trinajstić information content (AvgIpc) is 3.30. The number of imidazole rings is 1. The Morgan fingerprint density at radius 2 is 1.94 bits per heavy atom. The fraction of sp³-hybridized carbons (Fsp3) is 0.263. The number of ketones is 1. The first-order valence-corrected chi connectivity index (χ1v) is 11.7. The highest BCUT2D eigenvalue weighted by atomic mass is 32.2. The van der Waals surface area contributed by atoms with Crippen molar-refractivity contribution in [2.45, 2.75) is 18.0 Å². The highest BCUT2D eigenvalue weighted by Gasteiger charge is 2.33. The molecule has 1 aliphatic rings. The quantitative estimate of drug-likeness (QED) is 0.578. The Bertz CT molecular complexity index is 1360. The van der Waals surface area contributed by atoms with Crippen LogP contribution in [0, 0.1) is 0 Å². The summed E-state index contributed by atoms with van der Waals surface area (Å²) in [6.45, 7) is 1.47. The number of sulfone groups is 1. The first-order chi connectivity index (χ1) is 14.5. The van der Waals surface area contributed by atoms with Crippen molar-refractivity contribution in [3.8, 4) is 11.5 Å². The van der Waals surface area contributed by atoms with Crippen LogP contribution in [0.25, 0.3) is 28.1 Å². The molecule has 0 saturated heterocycles. The second-order valence-electron chi connectivity index (χ2n) is 6.79. The van der Waals surface area contributed by atoms with E-state index in [0.29, 0.717) is 16.7 Å². The Kier molecular flexibility index (Phi) is 5.16. The van der Waals surface area contributed by atoms with E-state index in [9.17, 15) is 26.4 Å². The molecule has 0 radical (unpaired) electrons. The largest absolute Gasteiger partial charge is 0.433 e. The number of thioether (sulfide) groups is 1. The normalized spacial score (nSPS) is 15.0. The minimum Gasteiger partial charge on any atom is -0.324 e. The molecule has 3 aromatic heterocycles. The molecule has 4 rings (SSSR count).